The Balaban J connectivity index is 1.64. The van der Waals surface area contributed by atoms with Crippen LogP contribution in [0.1, 0.15) is 26.3 Å². The fourth-order valence-corrected chi connectivity index (χ4v) is 2.88. The number of hydrogen-bond acceptors (Lipinski definition) is 7. The molecule has 0 aromatic heterocycles. The molecular formula is C19H15N3O6. The molecule has 9 heteroatoms. The van der Waals surface area contributed by atoms with Gasteiger partial charge in [0, 0.05) is 6.07 Å². The molecule has 9 nitrogen and oxygen atoms in total. The zero-order valence-electron chi connectivity index (χ0n) is 14.6. The van der Waals surface area contributed by atoms with E-state index in [0.29, 0.717) is 5.75 Å². The van der Waals surface area contributed by atoms with E-state index in [-0.39, 0.29) is 30.7 Å². The first-order valence-corrected chi connectivity index (χ1v) is 8.32. The molecule has 0 radical (unpaired) electrons. The maximum absolute atomic E-state index is 12.5. The van der Waals surface area contributed by atoms with E-state index in [4.69, 9.17) is 10.00 Å². The second-order valence-corrected chi connectivity index (χ2v) is 6.12. The zero-order valence-corrected chi connectivity index (χ0v) is 14.6. The number of ether oxygens (including phenoxy) is 1. The van der Waals surface area contributed by atoms with Crippen LogP contribution in [0.15, 0.2) is 42.5 Å². The summed E-state index contributed by atoms with van der Waals surface area (Å²) in [6, 6.07) is 12.6. The lowest BCUT2D eigenvalue weighted by Crippen LogP contribution is -2.39. The highest BCUT2D eigenvalue weighted by Crippen LogP contribution is 2.30. The molecule has 1 N–H and O–H groups in total. The third-order valence-corrected chi connectivity index (χ3v) is 4.22. The molecule has 1 unspecified atom stereocenters. The third-order valence-electron chi connectivity index (χ3n) is 4.22. The Morgan fingerprint density at radius 1 is 1.18 bits per heavy atom. The largest absolute Gasteiger partial charge is 0.491 e. The first-order chi connectivity index (χ1) is 13.4. The summed E-state index contributed by atoms with van der Waals surface area (Å²) >= 11 is 0. The quantitative estimate of drug-likeness (QED) is 0.438. The van der Waals surface area contributed by atoms with Crippen molar-refractivity contribution in [2.24, 2.45) is 0 Å². The predicted molar refractivity (Wildman–Crippen MR) is 95.7 cm³/mol. The summed E-state index contributed by atoms with van der Waals surface area (Å²) < 4.78 is 5.43. The van der Waals surface area contributed by atoms with Crippen molar-refractivity contribution in [2.45, 2.75) is 12.5 Å². The first kappa shape index (κ1) is 19.0. The number of nitro benzene ring substituents is 1. The fourth-order valence-electron chi connectivity index (χ4n) is 2.88. The van der Waals surface area contributed by atoms with Crippen molar-refractivity contribution < 1.29 is 24.4 Å². The van der Waals surface area contributed by atoms with E-state index < -0.39 is 28.5 Å². The van der Waals surface area contributed by atoms with E-state index in [2.05, 4.69) is 0 Å². The summed E-state index contributed by atoms with van der Waals surface area (Å²) in [7, 11) is 0. The highest BCUT2D eigenvalue weighted by Gasteiger charge is 2.41. The maximum Gasteiger partial charge on any atom is 0.282 e. The summed E-state index contributed by atoms with van der Waals surface area (Å²) in [5.41, 5.74) is 0.0589. The Kier molecular flexibility index (Phi) is 5.33. The fraction of sp³-hybridized carbons (Fsp3) is 0.211. The molecular weight excluding hydrogens is 366 g/mol. The SMILES string of the molecule is N#CCc1ccc(OCC(O)CN2C(=O)c3cccc([N+](=O)[O-])c3C2=O)cc1. The monoisotopic (exact) mass is 381 g/mol. The molecule has 0 saturated carbocycles. The lowest BCUT2D eigenvalue weighted by Gasteiger charge is -2.18. The van der Waals surface area contributed by atoms with E-state index in [0.717, 1.165) is 16.5 Å². The van der Waals surface area contributed by atoms with Gasteiger partial charge in [-0.2, -0.15) is 5.26 Å². The smallest absolute Gasteiger partial charge is 0.282 e. The van der Waals surface area contributed by atoms with Crippen LogP contribution in [-0.4, -0.2) is 46.0 Å². The van der Waals surface area contributed by atoms with Gasteiger partial charge in [0.05, 0.1) is 29.5 Å². The number of amides is 2. The topological polar surface area (TPSA) is 134 Å². The normalized spacial score (nSPS) is 13.8. The van der Waals surface area contributed by atoms with Gasteiger partial charge >= 0.3 is 0 Å². The number of carbonyl (C=O) groups is 2. The number of aliphatic hydroxyl groups excluding tert-OH is 1. The predicted octanol–water partition coefficient (Wildman–Crippen LogP) is 1.70. The highest BCUT2D eigenvalue weighted by molar-refractivity contribution is 6.23. The van der Waals surface area contributed by atoms with Gasteiger partial charge in [-0.05, 0) is 23.8 Å². The van der Waals surface area contributed by atoms with E-state index in [1.54, 1.807) is 24.3 Å². The molecule has 1 heterocycles. The van der Waals surface area contributed by atoms with Crippen molar-refractivity contribution >= 4 is 17.5 Å². The summed E-state index contributed by atoms with van der Waals surface area (Å²) in [5, 5.41) is 29.9. The van der Waals surface area contributed by atoms with Crippen LogP contribution >= 0.6 is 0 Å². The van der Waals surface area contributed by atoms with Crippen molar-refractivity contribution in [3.05, 3.63) is 69.3 Å². The van der Waals surface area contributed by atoms with Crippen LogP contribution in [0.2, 0.25) is 0 Å². The summed E-state index contributed by atoms with van der Waals surface area (Å²) in [4.78, 5) is 36.0. The Morgan fingerprint density at radius 2 is 1.89 bits per heavy atom. The second-order valence-electron chi connectivity index (χ2n) is 6.12. The molecule has 2 aromatic carbocycles. The van der Waals surface area contributed by atoms with Gasteiger partial charge in [-0.3, -0.25) is 24.6 Å². The number of rotatable bonds is 7. The number of nitrogens with zero attached hydrogens (tertiary/aromatic N) is 3. The molecule has 1 aliphatic rings. The molecule has 0 saturated heterocycles. The Labute approximate surface area is 159 Å². The average Bonchev–Trinajstić information content (AvgIpc) is 2.92. The maximum atomic E-state index is 12.5. The van der Waals surface area contributed by atoms with Crippen molar-refractivity contribution in [3.8, 4) is 11.8 Å². The lowest BCUT2D eigenvalue weighted by molar-refractivity contribution is -0.385. The third kappa shape index (κ3) is 3.67. The molecule has 0 aliphatic carbocycles. The van der Waals surface area contributed by atoms with Gasteiger partial charge < -0.3 is 9.84 Å². The minimum absolute atomic E-state index is 0.0552. The number of nitriles is 1. The molecule has 0 fully saturated rings. The van der Waals surface area contributed by atoms with Crippen molar-refractivity contribution in [3.63, 3.8) is 0 Å². The number of β-amino-alcohol motifs (C(OH)–C–C–N with tert-alkyl or cyclic N) is 1. The Hall–Kier alpha value is -3.77. The number of hydrogen-bond donors (Lipinski definition) is 1. The van der Waals surface area contributed by atoms with Gasteiger partial charge in [0.2, 0.25) is 0 Å². The highest BCUT2D eigenvalue weighted by atomic mass is 16.6. The lowest BCUT2D eigenvalue weighted by atomic mass is 10.1. The standard InChI is InChI=1S/C19H15N3O6/c20-9-8-12-4-6-14(7-5-12)28-11-13(23)10-21-18(24)15-2-1-3-16(22(26)27)17(15)19(21)25/h1-7,13,23H,8,10-11H2. The van der Waals surface area contributed by atoms with Gasteiger partial charge in [-0.25, -0.2) is 0 Å². The summed E-state index contributed by atoms with van der Waals surface area (Å²) in [6.45, 7) is -0.539. The molecule has 2 aromatic rings. The number of aliphatic hydroxyl groups is 1. The van der Waals surface area contributed by atoms with E-state index in [1.807, 2.05) is 6.07 Å². The number of imide groups is 1. The summed E-state index contributed by atoms with van der Waals surface area (Å²) in [5.74, 6) is -1.05. The van der Waals surface area contributed by atoms with Crippen LogP contribution in [0.5, 0.6) is 5.75 Å². The molecule has 1 aliphatic heterocycles. The van der Waals surface area contributed by atoms with Crippen LogP contribution in [0, 0.1) is 21.4 Å². The van der Waals surface area contributed by atoms with Crippen LogP contribution in [0.3, 0.4) is 0 Å². The molecule has 2 amide bonds. The van der Waals surface area contributed by atoms with Gasteiger partial charge in [0.15, 0.2) is 0 Å². The molecule has 1 atom stereocenters. The van der Waals surface area contributed by atoms with Crippen molar-refractivity contribution in [1.29, 1.82) is 5.26 Å². The minimum Gasteiger partial charge on any atom is -0.491 e. The molecule has 0 spiro atoms. The molecule has 142 valence electrons. The number of fused-ring (bicyclic) bond motifs is 1. The van der Waals surface area contributed by atoms with Crippen LogP contribution in [0.4, 0.5) is 5.69 Å². The van der Waals surface area contributed by atoms with E-state index in [1.165, 1.54) is 12.1 Å². The number of nitro groups is 1. The Morgan fingerprint density at radius 3 is 2.54 bits per heavy atom. The molecule has 3 rings (SSSR count). The minimum atomic E-state index is -1.18. The van der Waals surface area contributed by atoms with Crippen LogP contribution in [-0.2, 0) is 6.42 Å². The van der Waals surface area contributed by atoms with E-state index >= 15 is 0 Å². The van der Waals surface area contributed by atoms with Crippen LogP contribution in [0.25, 0.3) is 0 Å². The Bertz CT molecular complexity index is 980. The van der Waals surface area contributed by atoms with E-state index in [9.17, 15) is 24.8 Å². The molecule has 0 bridgehead atoms. The van der Waals surface area contributed by atoms with Gasteiger partial charge in [0.1, 0.15) is 24.0 Å². The van der Waals surface area contributed by atoms with Gasteiger partial charge in [0.25, 0.3) is 17.5 Å². The number of carbonyl (C=O) groups excluding carboxylic acids is 2. The first-order valence-electron chi connectivity index (χ1n) is 8.32. The van der Waals surface area contributed by atoms with Gasteiger partial charge in [-0.1, -0.05) is 18.2 Å². The molecule has 28 heavy (non-hydrogen) atoms. The van der Waals surface area contributed by atoms with Crippen molar-refractivity contribution in [2.75, 3.05) is 13.2 Å². The second kappa shape index (κ2) is 7.85. The zero-order chi connectivity index (χ0) is 20.3. The average molecular weight is 381 g/mol. The van der Waals surface area contributed by atoms with Gasteiger partial charge in [-0.15, -0.1) is 0 Å². The number of benzene rings is 2. The van der Waals surface area contributed by atoms with Crippen LogP contribution < -0.4 is 4.74 Å². The summed E-state index contributed by atoms with van der Waals surface area (Å²) in [6.07, 6.45) is -0.908. The van der Waals surface area contributed by atoms with Crippen molar-refractivity contribution in [1.82, 2.24) is 4.90 Å².